The fraction of sp³-hybridized carbons (Fsp3) is 0. The van der Waals surface area contributed by atoms with Crippen LogP contribution in [0.3, 0.4) is 0 Å². The summed E-state index contributed by atoms with van der Waals surface area (Å²) in [4.78, 5) is 15.5. The summed E-state index contributed by atoms with van der Waals surface area (Å²) in [7, 11) is 0. The highest BCUT2D eigenvalue weighted by atomic mass is 16.3. The first kappa shape index (κ1) is 35.5. The second-order valence-corrected chi connectivity index (χ2v) is 15.6. The smallest absolute Gasteiger partial charge is 0.164 e. The van der Waals surface area contributed by atoms with Crippen molar-refractivity contribution >= 4 is 43.7 Å². The van der Waals surface area contributed by atoms with E-state index in [2.05, 4.69) is 205 Å². The summed E-state index contributed by atoms with van der Waals surface area (Å²) in [5.41, 5.74) is 14.5. The van der Waals surface area contributed by atoms with Crippen LogP contribution in [0.15, 0.2) is 223 Å². The fourth-order valence-electron chi connectivity index (χ4n) is 8.79. The first-order valence-electron chi connectivity index (χ1n) is 20.8. The lowest BCUT2D eigenvalue weighted by Gasteiger charge is -2.11. The number of rotatable bonds is 7. The Bertz CT molecular complexity index is 3510. The van der Waals surface area contributed by atoms with Crippen LogP contribution in [0.2, 0.25) is 0 Å². The molecule has 3 heterocycles. The van der Waals surface area contributed by atoms with E-state index in [1.807, 2.05) is 18.2 Å². The molecular weight excluding hydrogens is 757 g/mol. The van der Waals surface area contributed by atoms with Crippen LogP contribution in [0, 0.1) is 0 Å². The Labute approximate surface area is 357 Å². The molecule has 0 atom stereocenters. The van der Waals surface area contributed by atoms with Crippen molar-refractivity contribution in [2.75, 3.05) is 0 Å². The zero-order chi connectivity index (χ0) is 41.0. The first-order chi connectivity index (χ1) is 30.7. The molecule has 0 N–H and O–H groups in total. The Kier molecular flexibility index (Phi) is 8.42. The molecule has 9 aromatic carbocycles. The summed E-state index contributed by atoms with van der Waals surface area (Å²) in [5.74, 6) is 1.81. The van der Waals surface area contributed by atoms with Gasteiger partial charge in [-0.2, -0.15) is 0 Å². The average Bonchev–Trinajstić information content (AvgIpc) is 3.88. The normalized spacial score (nSPS) is 11.5. The summed E-state index contributed by atoms with van der Waals surface area (Å²) in [6, 6.07) is 76.3. The van der Waals surface area contributed by atoms with Gasteiger partial charge in [0.2, 0.25) is 0 Å². The second kappa shape index (κ2) is 14.7. The van der Waals surface area contributed by atoms with E-state index in [9.17, 15) is 0 Å². The van der Waals surface area contributed by atoms with Crippen LogP contribution < -0.4 is 0 Å². The predicted octanol–water partition coefficient (Wildman–Crippen LogP) is 14.9. The molecule has 0 saturated carbocycles. The Morgan fingerprint density at radius 3 is 1.32 bits per heavy atom. The molecule has 0 radical (unpaired) electrons. The molecule has 5 heteroatoms. The van der Waals surface area contributed by atoms with Gasteiger partial charge in [0.05, 0.1) is 11.0 Å². The molecule has 0 saturated heterocycles. The number of benzene rings is 9. The second-order valence-electron chi connectivity index (χ2n) is 15.6. The van der Waals surface area contributed by atoms with E-state index in [-0.39, 0.29) is 0 Å². The van der Waals surface area contributed by atoms with E-state index in [1.54, 1.807) is 0 Å². The molecule has 0 amide bonds. The Hall–Kier alpha value is -8.41. The van der Waals surface area contributed by atoms with Gasteiger partial charge < -0.3 is 8.98 Å². The summed E-state index contributed by atoms with van der Waals surface area (Å²) in [6.45, 7) is 0. The van der Waals surface area contributed by atoms with Gasteiger partial charge in [-0.05, 0) is 88.0 Å². The maximum Gasteiger partial charge on any atom is 0.164 e. The van der Waals surface area contributed by atoms with Crippen LogP contribution in [-0.4, -0.2) is 19.5 Å². The number of para-hydroxylation sites is 1. The highest BCUT2D eigenvalue weighted by molar-refractivity contribution is 6.17. The minimum absolute atomic E-state index is 0.591. The van der Waals surface area contributed by atoms with E-state index < -0.39 is 0 Å². The van der Waals surface area contributed by atoms with Crippen LogP contribution in [0.1, 0.15) is 0 Å². The maximum absolute atomic E-state index is 6.65. The van der Waals surface area contributed by atoms with Crippen LogP contribution in [0.5, 0.6) is 0 Å². The van der Waals surface area contributed by atoms with E-state index in [1.165, 1.54) is 16.5 Å². The van der Waals surface area contributed by atoms with E-state index >= 15 is 0 Å². The van der Waals surface area contributed by atoms with E-state index in [4.69, 9.17) is 19.4 Å². The number of furan rings is 1. The van der Waals surface area contributed by atoms with Crippen molar-refractivity contribution in [3.8, 4) is 73.2 Å². The zero-order valence-electron chi connectivity index (χ0n) is 33.5. The van der Waals surface area contributed by atoms with Crippen LogP contribution >= 0.6 is 0 Å². The molecule has 12 rings (SSSR count). The molecule has 0 aliphatic rings. The third-order valence-corrected chi connectivity index (χ3v) is 11.8. The van der Waals surface area contributed by atoms with Gasteiger partial charge in [-0.3, -0.25) is 0 Å². The third kappa shape index (κ3) is 6.23. The average molecular weight is 793 g/mol. The van der Waals surface area contributed by atoms with Gasteiger partial charge in [-0.25, -0.2) is 15.0 Å². The van der Waals surface area contributed by atoms with Gasteiger partial charge in [0, 0.05) is 50.0 Å². The van der Waals surface area contributed by atoms with Crippen LogP contribution in [0.25, 0.3) is 117 Å². The lowest BCUT2D eigenvalue weighted by Crippen LogP contribution is -2.00. The number of nitrogens with zero attached hydrogens (tertiary/aromatic N) is 4. The van der Waals surface area contributed by atoms with E-state index in [0.717, 1.165) is 83.0 Å². The molecule has 0 unspecified atom stereocenters. The van der Waals surface area contributed by atoms with Crippen molar-refractivity contribution in [3.63, 3.8) is 0 Å². The number of fused-ring (bicyclic) bond motifs is 6. The van der Waals surface area contributed by atoms with Gasteiger partial charge in [0.25, 0.3) is 0 Å². The number of hydrogen-bond acceptors (Lipinski definition) is 4. The Morgan fingerprint density at radius 1 is 0.274 bits per heavy atom. The van der Waals surface area contributed by atoms with E-state index in [0.29, 0.717) is 17.5 Å². The quantitative estimate of drug-likeness (QED) is 0.161. The highest BCUT2D eigenvalue weighted by Crippen LogP contribution is 2.40. The molecule has 5 nitrogen and oxygen atoms in total. The monoisotopic (exact) mass is 792 g/mol. The minimum atomic E-state index is 0.591. The first-order valence-corrected chi connectivity index (χ1v) is 20.8. The van der Waals surface area contributed by atoms with Crippen molar-refractivity contribution in [2.45, 2.75) is 0 Å². The molecule has 12 aromatic rings. The predicted molar refractivity (Wildman–Crippen MR) is 254 cm³/mol. The number of aromatic nitrogens is 4. The summed E-state index contributed by atoms with van der Waals surface area (Å²) >= 11 is 0. The van der Waals surface area contributed by atoms with Gasteiger partial charge in [-0.15, -0.1) is 0 Å². The van der Waals surface area contributed by atoms with Crippen LogP contribution in [-0.2, 0) is 0 Å². The summed E-state index contributed by atoms with van der Waals surface area (Å²) in [5, 5.41) is 4.39. The summed E-state index contributed by atoms with van der Waals surface area (Å²) < 4.78 is 8.98. The van der Waals surface area contributed by atoms with Crippen molar-refractivity contribution in [1.82, 2.24) is 19.5 Å². The van der Waals surface area contributed by atoms with Crippen molar-refractivity contribution < 1.29 is 4.42 Å². The lowest BCUT2D eigenvalue weighted by molar-refractivity contribution is 0.669. The molecule has 0 aliphatic heterocycles. The minimum Gasteiger partial charge on any atom is -0.456 e. The molecule has 0 bridgehead atoms. The Morgan fingerprint density at radius 2 is 0.726 bits per heavy atom. The molecule has 290 valence electrons. The Balaban J connectivity index is 1.01. The summed E-state index contributed by atoms with van der Waals surface area (Å²) in [6.07, 6.45) is 0. The molecule has 62 heavy (non-hydrogen) atoms. The molecule has 3 aromatic heterocycles. The third-order valence-electron chi connectivity index (χ3n) is 11.8. The standard InChI is InChI=1S/C57H36N4O/c1-4-14-37(15-5-1)40-26-29-46(30-27-40)61-51-25-11-10-24-47(51)48-35-50-49-34-45(28-31-53(49)62-54(50)36-52(48)61)57-59-55(43-22-12-20-41(32-43)38-16-6-2-7-17-38)58-56(60-57)44-23-13-21-42(33-44)39-18-8-3-9-19-39/h1-36H. The topological polar surface area (TPSA) is 56.7 Å². The van der Waals surface area contributed by atoms with Crippen molar-refractivity contribution in [3.05, 3.63) is 218 Å². The van der Waals surface area contributed by atoms with Crippen molar-refractivity contribution in [1.29, 1.82) is 0 Å². The maximum atomic E-state index is 6.65. The fourth-order valence-corrected chi connectivity index (χ4v) is 8.79. The number of hydrogen-bond donors (Lipinski definition) is 0. The van der Waals surface area contributed by atoms with Gasteiger partial charge >= 0.3 is 0 Å². The lowest BCUT2D eigenvalue weighted by atomic mass is 10.0. The molecule has 0 fully saturated rings. The largest absolute Gasteiger partial charge is 0.456 e. The van der Waals surface area contributed by atoms with Crippen molar-refractivity contribution in [2.24, 2.45) is 0 Å². The van der Waals surface area contributed by atoms with Gasteiger partial charge in [0.1, 0.15) is 11.2 Å². The SMILES string of the molecule is c1ccc(-c2ccc(-n3c4ccccc4c4cc5c(cc43)oc3ccc(-c4nc(-c6cccc(-c7ccccc7)c6)nc(-c6cccc(-c7ccccc7)c6)n4)cc35)cc2)cc1. The van der Waals surface area contributed by atoms with Crippen LogP contribution in [0.4, 0.5) is 0 Å². The van der Waals surface area contributed by atoms with Gasteiger partial charge in [0.15, 0.2) is 17.5 Å². The molecular formula is C57H36N4O. The molecule has 0 aliphatic carbocycles. The molecule has 0 spiro atoms. The van der Waals surface area contributed by atoms with Gasteiger partial charge in [-0.1, -0.05) is 158 Å². The highest BCUT2D eigenvalue weighted by Gasteiger charge is 2.19. The zero-order valence-corrected chi connectivity index (χ0v) is 33.5.